The van der Waals surface area contributed by atoms with Gasteiger partial charge in [0.15, 0.2) is 5.11 Å². The second-order valence-corrected chi connectivity index (χ2v) is 8.10. The van der Waals surface area contributed by atoms with Gasteiger partial charge in [-0.3, -0.25) is 4.79 Å². The minimum Gasteiger partial charge on any atom is -0.332 e. The van der Waals surface area contributed by atoms with E-state index in [1.54, 1.807) is 0 Å². The molecule has 142 valence electrons. The Morgan fingerprint density at radius 1 is 0.821 bits per heavy atom. The number of thiocarbonyl (C=S) groups is 1. The van der Waals surface area contributed by atoms with Gasteiger partial charge in [0.2, 0.25) is 5.91 Å². The summed E-state index contributed by atoms with van der Waals surface area (Å²) in [6.45, 7) is 0. The van der Waals surface area contributed by atoms with Gasteiger partial charge in [0.1, 0.15) is 0 Å². The summed E-state index contributed by atoms with van der Waals surface area (Å²) in [4.78, 5) is 13.1. The average Bonchev–Trinajstić information content (AvgIpc) is 2.70. The maximum Gasteiger partial charge on any atom is 0.234 e. The fraction of sp³-hybridized carbons (Fsp3) is 0.0476. The molecule has 0 unspecified atom stereocenters. The van der Waals surface area contributed by atoms with Gasteiger partial charge in [-0.15, -0.1) is 11.8 Å². The average molecular weight is 472 g/mol. The monoisotopic (exact) mass is 471 g/mol. The molecule has 0 saturated heterocycles. The van der Waals surface area contributed by atoms with Crippen LogP contribution in [0.15, 0.2) is 88.2 Å². The van der Waals surface area contributed by atoms with E-state index in [0.29, 0.717) is 10.9 Å². The molecule has 3 rings (SSSR count). The van der Waals surface area contributed by atoms with E-state index in [0.717, 1.165) is 26.4 Å². The smallest absolute Gasteiger partial charge is 0.234 e. The first kappa shape index (κ1) is 20.4. The molecular formula is C21H18BrN3OS2. The molecule has 4 nitrogen and oxygen atoms in total. The van der Waals surface area contributed by atoms with Gasteiger partial charge in [-0.1, -0.05) is 30.3 Å². The SMILES string of the molecule is O=C(CSc1ccc(NC(=S)Nc2ccccc2)cc1)Nc1ccccc1Br. The van der Waals surface area contributed by atoms with Crippen LogP contribution in [-0.2, 0) is 4.79 Å². The van der Waals surface area contributed by atoms with Crippen molar-refractivity contribution in [2.24, 2.45) is 0 Å². The molecule has 1 amide bonds. The molecule has 7 heteroatoms. The van der Waals surface area contributed by atoms with E-state index < -0.39 is 0 Å². The molecule has 3 aromatic carbocycles. The first-order valence-corrected chi connectivity index (χ1v) is 10.7. The van der Waals surface area contributed by atoms with Gasteiger partial charge in [0.25, 0.3) is 0 Å². The van der Waals surface area contributed by atoms with E-state index in [1.165, 1.54) is 11.8 Å². The zero-order valence-corrected chi connectivity index (χ0v) is 18.0. The van der Waals surface area contributed by atoms with Gasteiger partial charge in [-0.05, 0) is 76.7 Å². The lowest BCUT2D eigenvalue weighted by molar-refractivity contribution is -0.113. The molecule has 0 aliphatic carbocycles. The van der Waals surface area contributed by atoms with Gasteiger partial charge >= 0.3 is 0 Å². The zero-order valence-electron chi connectivity index (χ0n) is 14.8. The maximum atomic E-state index is 12.1. The highest BCUT2D eigenvalue weighted by molar-refractivity contribution is 9.10. The molecule has 0 aliphatic rings. The van der Waals surface area contributed by atoms with E-state index in [2.05, 4.69) is 31.9 Å². The zero-order chi connectivity index (χ0) is 19.8. The van der Waals surface area contributed by atoms with E-state index >= 15 is 0 Å². The summed E-state index contributed by atoms with van der Waals surface area (Å²) in [5.41, 5.74) is 2.59. The predicted molar refractivity (Wildman–Crippen MR) is 126 cm³/mol. The van der Waals surface area contributed by atoms with E-state index in [1.807, 2.05) is 78.9 Å². The number of benzene rings is 3. The fourth-order valence-corrected chi connectivity index (χ4v) is 3.67. The van der Waals surface area contributed by atoms with E-state index in [-0.39, 0.29) is 5.91 Å². The molecule has 3 N–H and O–H groups in total. The number of anilines is 3. The number of nitrogens with one attached hydrogen (secondary N) is 3. The highest BCUT2D eigenvalue weighted by atomic mass is 79.9. The molecule has 3 aromatic rings. The Kier molecular flexibility index (Phi) is 7.47. The third-order valence-corrected chi connectivity index (χ3v) is 5.57. The van der Waals surface area contributed by atoms with Crippen molar-refractivity contribution >= 4 is 68.0 Å². The van der Waals surface area contributed by atoms with Gasteiger partial charge < -0.3 is 16.0 Å². The third-order valence-electron chi connectivity index (χ3n) is 3.66. The van der Waals surface area contributed by atoms with Crippen LogP contribution in [0.5, 0.6) is 0 Å². The molecular weight excluding hydrogens is 454 g/mol. The molecule has 0 aliphatic heterocycles. The van der Waals surface area contributed by atoms with Gasteiger partial charge in [-0.25, -0.2) is 0 Å². The lowest BCUT2D eigenvalue weighted by Gasteiger charge is -2.11. The van der Waals surface area contributed by atoms with Crippen LogP contribution in [0.3, 0.4) is 0 Å². The number of thioether (sulfide) groups is 1. The first-order chi connectivity index (χ1) is 13.6. The van der Waals surface area contributed by atoms with Crippen LogP contribution in [0.4, 0.5) is 17.1 Å². The Morgan fingerprint density at radius 3 is 2.11 bits per heavy atom. The minimum atomic E-state index is -0.0488. The summed E-state index contributed by atoms with van der Waals surface area (Å²) in [6.07, 6.45) is 0. The summed E-state index contributed by atoms with van der Waals surface area (Å²) in [5.74, 6) is 0.287. The lowest BCUT2D eigenvalue weighted by atomic mass is 10.3. The van der Waals surface area contributed by atoms with Crippen LogP contribution < -0.4 is 16.0 Å². The van der Waals surface area contributed by atoms with Crippen molar-refractivity contribution in [2.75, 3.05) is 21.7 Å². The maximum absolute atomic E-state index is 12.1. The van der Waals surface area contributed by atoms with Crippen molar-refractivity contribution in [1.29, 1.82) is 0 Å². The molecule has 0 heterocycles. The highest BCUT2D eigenvalue weighted by Gasteiger charge is 2.06. The summed E-state index contributed by atoms with van der Waals surface area (Å²) >= 11 is 10.2. The normalized spacial score (nSPS) is 10.2. The van der Waals surface area contributed by atoms with Crippen LogP contribution in [0.1, 0.15) is 0 Å². The van der Waals surface area contributed by atoms with Gasteiger partial charge in [-0.2, -0.15) is 0 Å². The van der Waals surface area contributed by atoms with Crippen molar-refractivity contribution in [3.8, 4) is 0 Å². The Morgan fingerprint density at radius 2 is 1.43 bits per heavy atom. The fourth-order valence-electron chi connectivity index (χ4n) is 2.35. The minimum absolute atomic E-state index is 0.0488. The molecule has 0 spiro atoms. The number of amides is 1. The molecule has 0 radical (unpaired) electrons. The number of carbonyl (C=O) groups is 1. The van der Waals surface area contributed by atoms with Crippen molar-refractivity contribution in [1.82, 2.24) is 0 Å². The Hall–Kier alpha value is -2.35. The van der Waals surface area contributed by atoms with Crippen LogP contribution >= 0.6 is 39.9 Å². The number of rotatable bonds is 6. The van der Waals surface area contributed by atoms with Crippen molar-refractivity contribution in [2.45, 2.75) is 4.90 Å². The summed E-state index contributed by atoms with van der Waals surface area (Å²) in [6, 6.07) is 25.1. The Bertz CT molecular complexity index is 949. The Balaban J connectivity index is 1.47. The Labute approximate surface area is 182 Å². The predicted octanol–water partition coefficient (Wildman–Crippen LogP) is 5.99. The summed E-state index contributed by atoms with van der Waals surface area (Å²) < 4.78 is 0.865. The van der Waals surface area contributed by atoms with Crippen LogP contribution in [0, 0.1) is 0 Å². The van der Waals surface area contributed by atoms with E-state index in [9.17, 15) is 4.79 Å². The number of hydrogen-bond acceptors (Lipinski definition) is 3. The standard InChI is InChI=1S/C21H18BrN3OS2/c22-18-8-4-5-9-19(18)25-20(26)14-28-17-12-10-16(11-13-17)24-21(27)23-15-6-2-1-3-7-15/h1-13H,14H2,(H,25,26)(H2,23,24,27). The topological polar surface area (TPSA) is 53.2 Å². The van der Waals surface area contributed by atoms with Crippen molar-refractivity contribution in [3.63, 3.8) is 0 Å². The first-order valence-electron chi connectivity index (χ1n) is 8.50. The summed E-state index contributed by atoms with van der Waals surface area (Å²) in [7, 11) is 0. The third kappa shape index (κ3) is 6.37. The quantitative estimate of drug-likeness (QED) is 0.304. The number of para-hydroxylation sites is 2. The molecule has 0 saturated carbocycles. The largest absolute Gasteiger partial charge is 0.332 e. The number of carbonyl (C=O) groups excluding carboxylic acids is 1. The van der Waals surface area contributed by atoms with Crippen LogP contribution in [0.25, 0.3) is 0 Å². The second kappa shape index (κ2) is 10.3. The van der Waals surface area contributed by atoms with E-state index in [4.69, 9.17) is 12.2 Å². The van der Waals surface area contributed by atoms with Gasteiger partial charge in [0, 0.05) is 20.7 Å². The molecule has 0 fully saturated rings. The van der Waals surface area contributed by atoms with Crippen LogP contribution in [0.2, 0.25) is 0 Å². The van der Waals surface area contributed by atoms with Gasteiger partial charge in [0.05, 0.1) is 11.4 Å². The highest BCUT2D eigenvalue weighted by Crippen LogP contribution is 2.23. The molecule has 0 aromatic heterocycles. The summed E-state index contributed by atoms with van der Waals surface area (Å²) in [5, 5.41) is 9.70. The molecule has 0 atom stereocenters. The van der Waals surface area contributed by atoms with Crippen molar-refractivity contribution < 1.29 is 4.79 Å². The molecule has 28 heavy (non-hydrogen) atoms. The number of halogens is 1. The molecule has 0 bridgehead atoms. The van der Waals surface area contributed by atoms with Crippen molar-refractivity contribution in [3.05, 3.63) is 83.3 Å². The second-order valence-electron chi connectivity index (χ2n) is 5.79. The van der Waals surface area contributed by atoms with Crippen LogP contribution in [-0.4, -0.2) is 16.8 Å². The number of hydrogen-bond donors (Lipinski definition) is 3. The lowest BCUT2D eigenvalue weighted by Crippen LogP contribution is -2.18.